The topological polar surface area (TPSA) is 54.9 Å². The number of carbonyl (C=O) groups excluding carboxylic acids is 1. The van der Waals surface area contributed by atoms with Crippen molar-refractivity contribution in [3.05, 3.63) is 41.9 Å². The molecule has 0 aromatic carbocycles. The lowest BCUT2D eigenvalue weighted by Gasteiger charge is -2.12. The highest BCUT2D eigenvalue weighted by atomic mass is 19.4. The van der Waals surface area contributed by atoms with Crippen molar-refractivity contribution in [2.45, 2.75) is 12.6 Å². The predicted octanol–water partition coefficient (Wildman–Crippen LogP) is 3.67. The van der Waals surface area contributed by atoms with E-state index in [2.05, 4.69) is 9.97 Å². The molecule has 22 heavy (non-hydrogen) atoms. The summed E-state index contributed by atoms with van der Waals surface area (Å²) in [5.41, 5.74) is -2.44. The Labute approximate surface area is 121 Å². The van der Waals surface area contributed by atoms with Crippen LogP contribution in [0.4, 0.5) is 27.6 Å². The standard InChI is InChI=1S/C13H8F5N3O/c14-12(15)8-3-7(4-19-5-8)9-1-2-10(20-6-22)11(21-9)13(16,17)18/h1-6,12H,(H,20,22). The zero-order chi connectivity index (χ0) is 16.3. The third kappa shape index (κ3) is 3.35. The first-order valence-corrected chi connectivity index (χ1v) is 5.85. The van der Waals surface area contributed by atoms with Gasteiger partial charge in [0.15, 0.2) is 5.69 Å². The van der Waals surface area contributed by atoms with Gasteiger partial charge in [0, 0.05) is 23.5 Å². The average molecular weight is 317 g/mol. The van der Waals surface area contributed by atoms with Crippen molar-refractivity contribution in [2.24, 2.45) is 0 Å². The van der Waals surface area contributed by atoms with Crippen LogP contribution in [0.2, 0.25) is 0 Å². The Bertz CT molecular complexity index is 688. The molecule has 0 aliphatic carbocycles. The fourth-order valence-corrected chi connectivity index (χ4v) is 1.73. The molecule has 0 atom stereocenters. The van der Waals surface area contributed by atoms with E-state index in [1.54, 1.807) is 0 Å². The van der Waals surface area contributed by atoms with Gasteiger partial charge in [-0.15, -0.1) is 0 Å². The van der Waals surface area contributed by atoms with Crippen LogP contribution in [0, 0.1) is 0 Å². The number of alkyl halides is 5. The van der Waals surface area contributed by atoms with Crippen molar-refractivity contribution in [3.63, 3.8) is 0 Å². The SMILES string of the molecule is O=CNc1ccc(-c2cncc(C(F)F)c2)nc1C(F)(F)F. The van der Waals surface area contributed by atoms with Crippen LogP contribution in [0.5, 0.6) is 0 Å². The maximum absolute atomic E-state index is 12.9. The van der Waals surface area contributed by atoms with Crippen molar-refractivity contribution in [1.29, 1.82) is 0 Å². The second-order valence-electron chi connectivity index (χ2n) is 4.16. The Hall–Kier alpha value is -2.58. The third-order valence-corrected chi connectivity index (χ3v) is 2.69. The van der Waals surface area contributed by atoms with Gasteiger partial charge in [-0.05, 0) is 18.2 Å². The van der Waals surface area contributed by atoms with E-state index in [0.29, 0.717) is 0 Å². The van der Waals surface area contributed by atoms with Gasteiger partial charge in [0.2, 0.25) is 6.41 Å². The summed E-state index contributed by atoms with van der Waals surface area (Å²) < 4.78 is 64.0. The van der Waals surface area contributed by atoms with E-state index in [1.807, 2.05) is 5.32 Å². The highest BCUT2D eigenvalue weighted by Crippen LogP contribution is 2.35. The molecule has 0 saturated heterocycles. The Balaban J connectivity index is 2.53. The largest absolute Gasteiger partial charge is 0.435 e. The Morgan fingerprint density at radius 1 is 1.18 bits per heavy atom. The summed E-state index contributed by atoms with van der Waals surface area (Å²) in [6, 6.07) is 3.18. The average Bonchev–Trinajstić information content (AvgIpc) is 2.47. The Morgan fingerprint density at radius 2 is 1.91 bits per heavy atom. The molecule has 116 valence electrons. The number of carbonyl (C=O) groups is 1. The second kappa shape index (κ2) is 6.04. The van der Waals surface area contributed by atoms with Crippen LogP contribution in [0.25, 0.3) is 11.3 Å². The van der Waals surface area contributed by atoms with Gasteiger partial charge >= 0.3 is 6.18 Å². The number of aromatic nitrogens is 2. The van der Waals surface area contributed by atoms with E-state index >= 15 is 0 Å². The second-order valence-corrected chi connectivity index (χ2v) is 4.16. The minimum absolute atomic E-state index is 0.0148. The minimum Gasteiger partial charge on any atom is -0.327 e. The number of rotatable bonds is 4. The number of amides is 1. The summed E-state index contributed by atoms with van der Waals surface area (Å²) in [5.74, 6) is 0. The zero-order valence-electron chi connectivity index (χ0n) is 10.7. The minimum atomic E-state index is -4.81. The molecule has 0 radical (unpaired) electrons. The molecular formula is C13H8F5N3O. The molecule has 0 aliphatic rings. The quantitative estimate of drug-likeness (QED) is 0.691. The summed E-state index contributed by atoms with van der Waals surface area (Å²) in [4.78, 5) is 17.3. The molecule has 0 unspecified atom stereocenters. The molecule has 2 rings (SSSR count). The van der Waals surface area contributed by atoms with E-state index in [4.69, 9.17) is 0 Å². The van der Waals surface area contributed by atoms with Crippen LogP contribution in [0.1, 0.15) is 17.7 Å². The molecule has 1 N–H and O–H groups in total. The van der Waals surface area contributed by atoms with Gasteiger partial charge in [-0.1, -0.05) is 0 Å². The predicted molar refractivity (Wildman–Crippen MR) is 67.1 cm³/mol. The van der Waals surface area contributed by atoms with E-state index in [-0.39, 0.29) is 17.7 Å². The van der Waals surface area contributed by atoms with Crippen molar-refractivity contribution < 1.29 is 26.7 Å². The van der Waals surface area contributed by atoms with Gasteiger partial charge in [-0.3, -0.25) is 9.78 Å². The molecule has 9 heteroatoms. The molecule has 0 saturated carbocycles. The molecule has 0 fully saturated rings. The monoisotopic (exact) mass is 317 g/mol. The molecule has 1 amide bonds. The number of anilines is 1. The highest BCUT2D eigenvalue weighted by molar-refractivity contribution is 5.74. The first-order valence-electron chi connectivity index (χ1n) is 5.85. The van der Waals surface area contributed by atoms with Crippen molar-refractivity contribution in [3.8, 4) is 11.3 Å². The van der Waals surface area contributed by atoms with Gasteiger partial charge in [0.25, 0.3) is 6.43 Å². The lowest BCUT2D eigenvalue weighted by atomic mass is 10.1. The molecule has 2 heterocycles. The first-order chi connectivity index (χ1) is 10.3. The van der Waals surface area contributed by atoms with Crippen LogP contribution in [0.15, 0.2) is 30.6 Å². The van der Waals surface area contributed by atoms with Gasteiger partial charge in [-0.2, -0.15) is 13.2 Å². The maximum Gasteiger partial charge on any atom is 0.435 e. The molecule has 2 aromatic heterocycles. The summed E-state index contributed by atoms with van der Waals surface area (Å²) >= 11 is 0. The van der Waals surface area contributed by atoms with Gasteiger partial charge in [0.1, 0.15) is 0 Å². The first kappa shape index (κ1) is 15.8. The van der Waals surface area contributed by atoms with Gasteiger partial charge < -0.3 is 5.32 Å². The van der Waals surface area contributed by atoms with Crippen molar-refractivity contribution >= 4 is 12.1 Å². The fraction of sp³-hybridized carbons (Fsp3) is 0.154. The van der Waals surface area contributed by atoms with Crippen LogP contribution in [-0.4, -0.2) is 16.4 Å². The van der Waals surface area contributed by atoms with E-state index in [1.165, 1.54) is 6.07 Å². The van der Waals surface area contributed by atoms with E-state index < -0.39 is 29.5 Å². The van der Waals surface area contributed by atoms with Crippen LogP contribution >= 0.6 is 0 Å². The number of hydrogen-bond acceptors (Lipinski definition) is 3. The van der Waals surface area contributed by atoms with Crippen molar-refractivity contribution in [1.82, 2.24) is 9.97 Å². The lowest BCUT2D eigenvalue weighted by Crippen LogP contribution is -2.13. The molecule has 2 aromatic rings. The summed E-state index contributed by atoms with van der Waals surface area (Å²) in [7, 11) is 0. The number of nitrogens with one attached hydrogen (secondary N) is 1. The maximum atomic E-state index is 12.9. The Morgan fingerprint density at radius 3 is 2.50 bits per heavy atom. The van der Waals surface area contributed by atoms with Crippen LogP contribution in [0.3, 0.4) is 0 Å². The third-order valence-electron chi connectivity index (χ3n) is 2.69. The van der Waals surface area contributed by atoms with Crippen LogP contribution < -0.4 is 5.32 Å². The number of halogens is 5. The van der Waals surface area contributed by atoms with Gasteiger partial charge in [0.05, 0.1) is 11.4 Å². The van der Waals surface area contributed by atoms with Crippen LogP contribution in [-0.2, 0) is 11.0 Å². The molecule has 0 bridgehead atoms. The number of pyridine rings is 2. The number of hydrogen-bond donors (Lipinski definition) is 1. The summed E-state index contributed by atoms with van der Waals surface area (Å²) in [5, 5.41) is 1.89. The van der Waals surface area contributed by atoms with Crippen molar-refractivity contribution in [2.75, 3.05) is 5.32 Å². The molecule has 0 aliphatic heterocycles. The molecule has 0 spiro atoms. The summed E-state index contributed by atoms with van der Waals surface area (Å²) in [6.07, 6.45) is -5.48. The van der Waals surface area contributed by atoms with E-state index in [0.717, 1.165) is 24.5 Å². The summed E-state index contributed by atoms with van der Waals surface area (Å²) in [6.45, 7) is 0. The Kier molecular flexibility index (Phi) is 4.34. The van der Waals surface area contributed by atoms with Gasteiger partial charge in [-0.25, -0.2) is 13.8 Å². The smallest absolute Gasteiger partial charge is 0.327 e. The highest BCUT2D eigenvalue weighted by Gasteiger charge is 2.36. The number of nitrogens with zero attached hydrogens (tertiary/aromatic N) is 2. The lowest BCUT2D eigenvalue weighted by molar-refractivity contribution is -0.140. The zero-order valence-corrected chi connectivity index (χ0v) is 10.7. The molecular weight excluding hydrogens is 309 g/mol. The van der Waals surface area contributed by atoms with E-state index in [9.17, 15) is 26.7 Å². The normalized spacial score (nSPS) is 11.5. The molecule has 4 nitrogen and oxygen atoms in total. The fourth-order valence-electron chi connectivity index (χ4n) is 1.73.